The Balaban J connectivity index is 1.99. The number of fused-ring (bicyclic) bond motifs is 1. The first-order chi connectivity index (χ1) is 11.6. The summed E-state index contributed by atoms with van der Waals surface area (Å²) in [4.78, 5) is 17.3. The highest BCUT2D eigenvalue weighted by molar-refractivity contribution is 7.16. The zero-order chi connectivity index (χ0) is 17.1. The quantitative estimate of drug-likeness (QED) is 0.674. The molecule has 24 heavy (non-hydrogen) atoms. The summed E-state index contributed by atoms with van der Waals surface area (Å²) in [6.45, 7) is 4.47. The molecule has 0 unspecified atom stereocenters. The predicted molar refractivity (Wildman–Crippen MR) is 98.8 cm³/mol. The number of carbonyl (C=O) groups is 1. The van der Waals surface area contributed by atoms with Crippen LogP contribution in [0, 0.1) is 26.2 Å². The lowest BCUT2D eigenvalue weighted by atomic mass is 10.1. The van der Waals surface area contributed by atoms with Gasteiger partial charge in [0.05, 0.1) is 23.2 Å². The first-order valence-corrected chi connectivity index (χ1v) is 8.55. The van der Waals surface area contributed by atoms with E-state index in [0.29, 0.717) is 17.8 Å². The SMILES string of the molecule is C#CCn1c(=NC(=O)Cc2ccc(C)cc2)sc2cc(C)ccc21. The van der Waals surface area contributed by atoms with Crippen molar-refractivity contribution < 1.29 is 4.79 Å². The van der Waals surface area contributed by atoms with Crippen LogP contribution in [0.25, 0.3) is 10.2 Å². The number of amides is 1. The number of aryl methyl sites for hydroxylation is 2. The summed E-state index contributed by atoms with van der Waals surface area (Å²) >= 11 is 1.50. The van der Waals surface area contributed by atoms with Gasteiger partial charge in [-0.2, -0.15) is 4.99 Å². The van der Waals surface area contributed by atoms with Crippen molar-refractivity contribution in [2.24, 2.45) is 4.99 Å². The molecule has 120 valence electrons. The lowest BCUT2D eigenvalue weighted by Crippen LogP contribution is -2.17. The molecule has 0 atom stereocenters. The van der Waals surface area contributed by atoms with Gasteiger partial charge in [-0.05, 0) is 37.1 Å². The zero-order valence-electron chi connectivity index (χ0n) is 13.7. The molecular formula is C20H18N2OS. The monoisotopic (exact) mass is 334 g/mol. The van der Waals surface area contributed by atoms with Gasteiger partial charge < -0.3 is 4.57 Å². The van der Waals surface area contributed by atoms with E-state index in [1.165, 1.54) is 22.5 Å². The zero-order valence-corrected chi connectivity index (χ0v) is 14.6. The molecule has 0 fully saturated rings. The highest BCUT2D eigenvalue weighted by Gasteiger charge is 2.08. The molecule has 3 nitrogen and oxygen atoms in total. The van der Waals surface area contributed by atoms with Crippen molar-refractivity contribution in [1.29, 1.82) is 0 Å². The fourth-order valence-electron chi connectivity index (χ4n) is 2.54. The standard InChI is InChI=1S/C20H18N2OS/c1-4-11-22-17-10-7-15(3)12-18(17)24-20(22)21-19(23)13-16-8-5-14(2)6-9-16/h1,5-10,12H,11,13H2,2-3H3. The van der Waals surface area contributed by atoms with Crippen LogP contribution in [0.4, 0.5) is 0 Å². The minimum absolute atomic E-state index is 0.159. The smallest absolute Gasteiger partial charge is 0.252 e. The van der Waals surface area contributed by atoms with E-state index in [0.717, 1.165) is 15.8 Å². The minimum atomic E-state index is -0.159. The van der Waals surface area contributed by atoms with Crippen molar-refractivity contribution in [1.82, 2.24) is 4.57 Å². The number of carbonyl (C=O) groups excluding carboxylic acids is 1. The Morgan fingerprint density at radius 2 is 1.88 bits per heavy atom. The maximum atomic E-state index is 12.3. The molecule has 0 radical (unpaired) electrons. The molecule has 3 rings (SSSR count). The normalized spacial score (nSPS) is 11.6. The van der Waals surface area contributed by atoms with Crippen molar-refractivity contribution in [3.63, 3.8) is 0 Å². The van der Waals surface area contributed by atoms with Gasteiger partial charge in [0, 0.05) is 0 Å². The Kier molecular flexibility index (Phi) is 4.64. The Morgan fingerprint density at radius 1 is 1.17 bits per heavy atom. The molecule has 0 spiro atoms. The predicted octanol–water partition coefficient (Wildman–Crippen LogP) is 3.62. The third kappa shape index (κ3) is 3.47. The van der Waals surface area contributed by atoms with Gasteiger partial charge in [-0.3, -0.25) is 4.79 Å². The molecule has 1 heterocycles. The molecule has 0 aliphatic rings. The summed E-state index contributed by atoms with van der Waals surface area (Å²) in [5, 5.41) is 0. The largest absolute Gasteiger partial charge is 0.305 e. The first kappa shape index (κ1) is 16.2. The fraction of sp³-hybridized carbons (Fsp3) is 0.200. The van der Waals surface area contributed by atoms with E-state index in [2.05, 4.69) is 17.0 Å². The van der Waals surface area contributed by atoms with E-state index < -0.39 is 0 Å². The Labute approximate surface area is 145 Å². The Hall–Kier alpha value is -2.64. The average Bonchev–Trinajstić information content (AvgIpc) is 2.86. The van der Waals surface area contributed by atoms with Crippen LogP contribution in [0.3, 0.4) is 0 Å². The lowest BCUT2D eigenvalue weighted by Gasteiger charge is -2.00. The van der Waals surface area contributed by atoms with Gasteiger partial charge in [-0.1, -0.05) is 53.2 Å². The third-order valence-corrected chi connectivity index (χ3v) is 4.83. The number of hydrogen-bond donors (Lipinski definition) is 0. The number of aromatic nitrogens is 1. The second-order valence-electron chi connectivity index (χ2n) is 5.81. The summed E-state index contributed by atoms with van der Waals surface area (Å²) in [6.07, 6.45) is 5.78. The maximum absolute atomic E-state index is 12.3. The van der Waals surface area contributed by atoms with Crippen molar-refractivity contribution in [3.05, 3.63) is 64.0 Å². The summed E-state index contributed by atoms with van der Waals surface area (Å²) in [7, 11) is 0. The van der Waals surface area contributed by atoms with Gasteiger partial charge in [0.1, 0.15) is 0 Å². The average molecular weight is 334 g/mol. The molecule has 0 saturated carbocycles. The van der Waals surface area contributed by atoms with Crippen molar-refractivity contribution in [2.45, 2.75) is 26.8 Å². The lowest BCUT2D eigenvalue weighted by molar-refractivity contribution is -0.117. The minimum Gasteiger partial charge on any atom is -0.305 e. The van der Waals surface area contributed by atoms with Gasteiger partial charge in [-0.15, -0.1) is 6.42 Å². The fourth-order valence-corrected chi connectivity index (χ4v) is 3.68. The Bertz CT molecular complexity index is 1000. The highest BCUT2D eigenvalue weighted by atomic mass is 32.1. The van der Waals surface area contributed by atoms with Crippen LogP contribution in [0.5, 0.6) is 0 Å². The van der Waals surface area contributed by atoms with Gasteiger partial charge in [0.25, 0.3) is 5.91 Å². The number of nitrogens with zero attached hydrogens (tertiary/aromatic N) is 2. The summed E-state index contributed by atoms with van der Waals surface area (Å²) in [6, 6.07) is 14.1. The van der Waals surface area contributed by atoms with E-state index in [1.807, 2.05) is 54.8 Å². The molecule has 2 aromatic carbocycles. The summed E-state index contributed by atoms with van der Waals surface area (Å²) < 4.78 is 3.01. The molecule has 0 aliphatic heterocycles. The molecular weight excluding hydrogens is 316 g/mol. The van der Waals surface area contributed by atoms with E-state index in [4.69, 9.17) is 6.42 Å². The maximum Gasteiger partial charge on any atom is 0.252 e. The summed E-state index contributed by atoms with van der Waals surface area (Å²) in [5.74, 6) is 2.49. The van der Waals surface area contributed by atoms with Crippen molar-refractivity contribution in [3.8, 4) is 12.3 Å². The first-order valence-electron chi connectivity index (χ1n) is 7.73. The number of benzene rings is 2. The van der Waals surface area contributed by atoms with Crippen LogP contribution >= 0.6 is 11.3 Å². The van der Waals surface area contributed by atoms with Crippen LogP contribution < -0.4 is 4.80 Å². The van der Waals surface area contributed by atoms with Crippen LogP contribution in [0.1, 0.15) is 16.7 Å². The van der Waals surface area contributed by atoms with E-state index in [9.17, 15) is 4.79 Å². The van der Waals surface area contributed by atoms with Crippen molar-refractivity contribution >= 4 is 27.5 Å². The molecule has 0 aliphatic carbocycles. The van der Waals surface area contributed by atoms with E-state index in [-0.39, 0.29) is 5.91 Å². The molecule has 1 aromatic heterocycles. The Morgan fingerprint density at radius 3 is 2.58 bits per heavy atom. The summed E-state index contributed by atoms with van der Waals surface area (Å²) in [5.41, 5.74) is 4.34. The number of thiazole rings is 1. The number of terminal acetylenes is 1. The molecule has 3 aromatic rings. The van der Waals surface area contributed by atoms with Crippen LogP contribution in [-0.4, -0.2) is 10.5 Å². The van der Waals surface area contributed by atoms with Gasteiger partial charge >= 0.3 is 0 Å². The number of hydrogen-bond acceptors (Lipinski definition) is 2. The second-order valence-corrected chi connectivity index (χ2v) is 6.82. The highest BCUT2D eigenvalue weighted by Crippen LogP contribution is 2.18. The van der Waals surface area contributed by atoms with Crippen molar-refractivity contribution in [2.75, 3.05) is 0 Å². The molecule has 0 bridgehead atoms. The van der Waals surface area contributed by atoms with Crippen LogP contribution in [0.15, 0.2) is 47.5 Å². The van der Waals surface area contributed by atoms with E-state index >= 15 is 0 Å². The van der Waals surface area contributed by atoms with Gasteiger partial charge in [0.2, 0.25) is 0 Å². The molecule has 0 N–H and O–H groups in total. The third-order valence-electron chi connectivity index (χ3n) is 3.78. The van der Waals surface area contributed by atoms with Crippen LogP contribution in [-0.2, 0) is 17.8 Å². The van der Waals surface area contributed by atoms with Gasteiger partial charge in [0.15, 0.2) is 4.80 Å². The van der Waals surface area contributed by atoms with Crippen LogP contribution in [0.2, 0.25) is 0 Å². The second kappa shape index (κ2) is 6.86. The molecule has 0 saturated heterocycles. The topological polar surface area (TPSA) is 34.4 Å². The van der Waals surface area contributed by atoms with Gasteiger partial charge in [-0.25, -0.2) is 0 Å². The molecule has 4 heteroatoms. The van der Waals surface area contributed by atoms with E-state index in [1.54, 1.807) is 0 Å². The number of rotatable bonds is 3. The molecule has 1 amide bonds.